The van der Waals surface area contributed by atoms with Gasteiger partial charge in [0.1, 0.15) is 0 Å². The molecule has 2 amide bonds. The average Bonchev–Trinajstić information content (AvgIpc) is 3.05. The van der Waals surface area contributed by atoms with E-state index in [0.29, 0.717) is 31.7 Å². The lowest BCUT2D eigenvalue weighted by molar-refractivity contribution is -0.128. The molecular formula is C20H24N4O2. The summed E-state index contributed by atoms with van der Waals surface area (Å²) in [7, 11) is 0. The van der Waals surface area contributed by atoms with Gasteiger partial charge in [-0.25, -0.2) is 0 Å². The molecule has 1 aliphatic heterocycles. The first-order chi connectivity index (χ1) is 12.5. The van der Waals surface area contributed by atoms with E-state index in [0.717, 1.165) is 11.1 Å². The van der Waals surface area contributed by atoms with Gasteiger partial charge < -0.3 is 9.80 Å². The monoisotopic (exact) mass is 352 g/mol. The molecule has 1 fully saturated rings. The first-order valence-electron chi connectivity index (χ1n) is 8.78. The zero-order valence-electron chi connectivity index (χ0n) is 15.3. The highest BCUT2D eigenvalue weighted by Gasteiger charge is 2.29. The van der Waals surface area contributed by atoms with Crippen LogP contribution in [-0.4, -0.2) is 57.1 Å². The SMILES string of the molecule is C=CC(=O)N1CCN(C(=O)c2ccc(Cn3cc(C)cn3)cc2)[C@@H](C)C1. The zero-order valence-corrected chi connectivity index (χ0v) is 15.3. The molecule has 0 saturated carbocycles. The summed E-state index contributed by atoms with van der Waals surface area (Å²) < 4.78 is 1.88. The minimum atomic E-state index is -0.0813. The molecule has 136 valence electrons. The lowest BCUT2D eigenvalue weighted by Crippen LogP contribution is -2.55. The topological polar surface area (TPSA) is 58.4 Å². The van der Waals surface area contributed by atoms with Crippen LogP contribution in [0.2, 0.25) is 0 Å². The van der Waals surface area contributed by atoms with Gasteiger partial charge in [-0.15, -0.1) is 0 Å². The van der Waals surface area contributed by atoms with E-state index >= 15 is 0 Å². The molecule has 0 N–H and O–H groups in total. The molecule has 0 spiro atoms. The number of piperazine rings is 1. The minimum Gasteiger partial charge on any atom is -0.335 e. The number of hydrogen-bond donors (Lipinski definition) is 0. The lowest BCUT2D eigenvalue weighted by atomic mass is 10.1. The number of aromatic nitrogens is 2. The Kier molecular flexibility index (Phi) is 5.21. The van der Waals surface area contributed by atoms with Crippen LogP contribution >= 0.6 is 0 Å². The molecule has 1 atom stereocenters. The van der Waals surface area contributed by atoms with E-state index in [1.165, 1.54) is 6.08 Å². The molecule has 0 unspecified atom stereocenters. The van der Waals surface area contributed by atoms with E-state index < -0.39 is 0 Å². The highest BCUT2D eigenvalue weighted by molar-refractivity contribution is 5.95. The Hall–Kier alpha value is -2.89. The van der Waals surface area contributed by atoms with E-state index in [2.05, 4.69) is 11.7 Å². The van der Waals surface area contributed by atoms with Crippen LogP contribution in [0.15, 0.2) is 49.3 Å². The van der Waals surface area contributed by atoms with Crippen LogP contribution in [0.5, 0.6) is 0 Å². The maximum Gasteiger partial charge on any atom is 0.254 e. The van der Waals surface area contributed by atoms with Gasteiger partial charge in [-0.2, -0.15) is 5.10 Å². The summed E-state index contributed by atoms with van der Waals surface area (Å²) in [4.78, 5) is 28.1. The molecule has 0 aliphatic carbocycles. The maximum atomic E-state index is 12.8. The second kappa shape index (κ2) is 7.56. The average molecular weight is 352 g/mol. The predicted molar refractivity (Wildman–Crippen MR) is 99.8 cm³/mol. The number of carbonyl (C=O) groups is 2. The van der Waals surface area contributed by atoms with Crippen LogP contribution in [-0.2, 0) is 11.3 Å². The summed E-state index contributed by atoms with van der Waals surface area (Å²) in [5.41, 5.74) is 2.89. The number of aryl methyl sites for hydroxylation is 1. The fraction of sp³-hybridized carbons (Fsp3) is 0.350. The molecule has 1 aromatic heterocycles. The molecule has 1 aromatic carbocycles. The summed E-state index contributed by atoms with van der Waals surface area (Å²) in [5, 5.41) is 4.28. The van der Waals surface area contributed by atoms with Crippen LogP contribution in [0.1, 0.15) is 28.4 Å². The third-order valence-electron chi connectivity index (χ3n) is 4.68. The standard InChI is InChI=1S/C20H24N4O2/c1-4-19(25)22-9-10-24(16(3)13-22)20(26)18-7-5-17(6-8-18)14-23-12-15(2)11-21-23/h4-8,11-12,16H,1,9-10,13-14H2,2-3H3/t16-/m0/s1. The molecule has 2 aromatic rings. The van der Waals surface area contributed by atoms with E-state index in [-0.39, 0.29) is 17.9 Å². The highest BCUT2D eigenvalue weighted by Crippen LogP contribution is 2.15. The van der Waals surface area contributed by atoms with Gasteiger partial charge in [0.2, 0.25) is 5.91 Å². The Balaban J connectivity index is 1.64. The third-order valence-corrected chi connectivity index (χ3v) is 4.68. The Morgan fingerprint density at radius 3 is 2.58 bits per heavy atom. The smallest absolute Gasteiger partial charge is 0.254 e. The molecule has 1 aliphatic rings. The molecule has 0 radical (unpaired) electrons. The number of carbonyl (C=O) groups excluding carboxylic acids is 2. The maximum absolute atomic E-state index is 12.8. The van der Waals surface area contributed by atoms with Crippen molar-refractivity contribution in [2.24, 2.45) is 0 Å². The molecule has 0 bridgehead atoms. The van der Waals surface area contributed by atoms with Crippen molar-refractivity contribution < 1.29 is 9.59 Å². The summed E-state index contributed by atoms with van der Waals surface area (Å²) in [6.07, 6.45) is 5.14. The molecule has 1 saturated heterocycles. The van der Waals surface area contributed by atoms with Crippen molar-refractivity contribution in [3.8, 4) is 0 Å². The van der Waals surface area contributed by atoms with Gasteiger partial charge in [0, 0.05) is 37.4 Å². The van der Waals surface area contributed by atoms with Crippen LogP contribution < -0.4 is 0 Å². The van der Waals surface area contributed by atoms with Crippen molar-refractivity contribution in [2.45, 2.75) is 26.4 Å². The van der Waals surface area contributed by atoms with Gasteiger partial charge in [-0.3, -0.25) is 14.3 Å². The normalized spacial score (nSPS) is 17.2. The van der Waals surface area contributed by atoms with E-state index in [1.54, 1.807) is 4.90 Å². The number of amides is 2. The molecular weight excluding hydrogens is 328 g/mol. The summed E-state index contributed by atoms with van der Waals surface area (Å²) in [6, 6.07) is 7.63. The van der Waals surface area contributed by atoms with Crippen LogP contribution in [0.25, 0.3) is 0 Å². The molecule has 3 rings (SSSR count). The Bertz CT molecular complexity index is 809. The van der Waals surface area contributed by atoms with Gasteiger partial charge in [0.25, 0.3) is 5.91 Å². The van der Waals surface area contributed by atoms with Crippen molar-refractivity contribution in [1.29, 1.82) is 0 Å². The molecule has 6 nitrogen and oxygen atoms in total. The summed E-state index contributed by atoms with van der Waals surface area (Å²) >= 11 is 0. The number of rotatable bonds is 4. The van der Waals surface area contributed by atoms with Gasteiger partial charge in [-0.05, 0) is 43.2 Å². The number of nitrogens with zero attached hydrogens (tertiary/aromatic N) is 4. The lowest BCUT2D eigenvalue weighted by Gasteiger charge is -2.39. The summed E-state index contributed by atoms with van der Waals surface area (Å²) in [5.74, 6) is -0.0770. The van der Waals surface area contributed by atoms with Crippen molar-refractivity contribution >= 4 is 11.8 Å². The van der Waals surface area contributed by atoms with Crippen molar-refractivity contribution in [3.63, 3.8) is 0 Å². The Labute approximate surface area is 153 Å². The van der Waals surface area contributed by atoms with Gasteiger partial charge in [0.15, 0.2) is 0 Å². The van der Waals surface area contributed by atoms with E-state index in [4.69, 9.17) is 0 Å². The van der Waals surface area contributed by atoms with Crippen molar-refractivity contribution in [2.75, 3.05) is 19.6 Å². The first-order valence-corrected chi connectivity index (χ1v) is 8.78. The largest absolute Gasteiger partial charge is 0.335 e. The fourth-order valence-electron chi connectivity index (χ4n) is 3.25. The van der Waals surface area contributed by atoms with Gasteiger partial charge in [-0.1, -0.05) is 18.7 Å². The predicted octanol–water partition coefficient (Wildman–Crippen LogP) is 2.10. The highest BCUT2D eigenvalue weighted by atomic mass is 16.2. The second-order valence-corrected chi connectivity index (χ2v) is 6.75. The van der Waals surface area contributed by atoms with Crippen LogP contribution in [0.4, 0.5) is 0 Å². The molecule has 6 heteroatoms. The van der Waals surface area contributed by atoms with Crippen molar-refractivity contribution in [3.05, 3.63) is 66.0 Å². The zero-order chi connectivity index (χ0) is 18.7. The van der Waals surface area contributed by atoms with Crippen LogP contribution in [0.3, 0.4) is 0 Å². The number of hydrogen-bond acceptors (Lipinski definition) is 3. The van der Waals surface area contributed by atoms with Gasteiger partial charge in [0.05, 0.1) is 12.7 Å². The molecule has 26 heavy (non-hydrogen) atoms. The first kappa shape index (κ1) is 17.9. The quantitative estimate of drug-likeness (QED) is 0.792. The Morgan fingerprint density at radius 2 is 2.00 bits per heavy atom. The minimum absolute atomic E-state index is 0.00434. The Morgan fingerprint density at radius 1 is 1.27 bits per heavy atom. The second-order valence-electron chi connectivity index (χ2n) is 6.75. The van der Waals surface area contributed by atoms with Gasteiger partial charge >= 0.3 is 0 Å². The molecule has 2 heterocycles. The van der Waals surface area contributed by atoms with Crippen LogP contribution in [0, 0.1) is 6.92 Å². The number of benzene rings is 1. The fourth-order valence-corrected chi connectivity index (χ4v) is 3.25. The van der Waals surface area contributed by atoms with Crippen molar-refractivity contribution in [1.82, 2.24) is 19.6 Å². The summed E-state index contributed by atoms with van der Waals surface area (Å²) in [6.45, 7) is 9.79. The van der Waals surface area contributed by atoms with E-state index in [1.807, 2.05) is 60.1 Å². The third kappa shape index (κ3) is 3.85. The van der Waals surface area contributed by atoms with E-state index in [9.17, 15) is 9.59 Å².